The summed E-state index contributed by atoms with van der Waals surface area (Å²) in [5.41, 5.74) is 2.86. The Hall–Kier alpha value is -5.26. The number of carbonyl (C=O) groups is 1. The van der Waals surface area contributed by atoms with Crippen LogP contribution in [-0.2, 0) is 6.18 Å². The lowest BCUT2D eigenvalue weighted by Gasteiger charge is -2.14. The molecule has 0 aliphatic rings. The van der Waals surface area contributed by atoms with Crippen molar-refractivity contribution in [1.82, 2.24) is 24.5 Å². The maximum atomic E-state index is 13.6. The minimum absolute atomic E-state index is 0.0100. The molecule has 5 aromatic rings. The van der Waals surface area contributed by atoms with Crippen molar-refractivity contribution in [3.63, 3.8) is 0 Å². The molecule has 0 aliphatic heterocycles. The van der Waals surface area contributed by atoms with Crippen molar-refractivity contribution in [2.75, 3.05) is 17.7 Å². The molecule has 1 amide bonds. The molecule has 0 atom stereocenters. The van der Waals surface area contributed by atoms with Gasteiger partial charge in [-0.1, -0.05) is 6.07 Å². The van der Waals surface area contributed by atoms with Gasteiger partial charge in [0.05, 0.1) is 36.6 Å². The van der Waals surface area contributed by atoms with E-state index >= 15 is 0 Å². The molecule has 3 aromatic heterocycles. The summed E-state index contributed by atoms with van der Waals surface area (Å²) in [4.78, 5) is 30.2. The number of aryl methyl sites for hydroxylation is 2. The fourth-order valence-corrected chi connectivity index (χ4v) is 4.03. The van der Waals surface area contributed by atoms with Crippen LogP contribution in [0, 0.1) is 13.8 Å². The van der Waals surface area contributed by atoms with E-state index in [1.165, 1.54) is 17.0 Å². The maximum absolute atomic E-state index is 13.6. The van der Waals surface area contributed by atoms with E-state index in [2.05, 4.69) is 30.6 Å². The SMILES string of the molecule is COc1cncc(-c2ccnc(Nc3cc(C(=O)Nc4cc(-n5cnc(C)c5)cc(C(F)(F)F)c4)ccc3C)n2)c1. The Bertz CT molecular complexity index is 1730. The summed E-state index contributed by atoms with van der Waals surface area (Å²) in [5.74, 6) is 0.277. The molecule has 208 valence electrons. The van der Waals surface area contributed by atoms with Gasteiger partial charge in [0.25, 0.3) is 5.91 Å². The summed E-state index contributed by atoms with van der Waals surface area (Å²) in [6, 6.07) is 11.8. The summed E-state index contributed by atoms with van der Waals surface area (Å²) in [6.07, 6.45) is 3.22. The number of amides is 1. The highest BCUT2D eigenvalue weighted by Gasteiger charge is 2.31. The molecule has 2 aromatic carbocycles. The van der Waals surface area contributed by atoms with Crippen molar-refractivity contribution in [3.05, 3.63) is 102 Å². The van der Waals surface area contributed by atoms with E-state index in [1.807, 2.05) is 6.92 Å². The number of aromatic nitrogens is 5. The summed E-state index contributed by atoms with van der Waals surface area (Å²) in [7, 11) is 1.55. The van der Waals surface area contributed by atoms with Crippen molar-refractivity contribution in [1.29, 1.82) is 0 Å². The van der Waals surface area contributed by atoms with E-state index in [0.29, 0.717) is 22.8 Å². The third-order valence-corrected chi connectivity index (χ3v) is 6.16. The molecule has 3 heterocycles. The molecule has 0 spiro atoms. The molecule has 0 aliphatic carbocycles. The highest BCUT2D eigenvalue weighted by atomic mass is 19.4. The summed E-state index contributed by atoms with van der Waals surface area (Å²) in [6.45, 7) is 3.57. The van der Waals surface area contributed by atoms with E-state index in [9.17, 15) is 18.0 Å². The number of anilines is 3. The van der Waals surface area contributed by atoms with Gasteiger partial charge < -0.3 is 19.9 Å². The van der Waals surface area contributed by atoms with Crippen molar-refractivity contribution in [2.45, 2.75) is 20.0 Å². The van der Waals surface area contributed by atoms with Gasteiger partial charge in [0.1, 0.15) is 5.75 Å². The Labute approximate surface area is 233 Å². The Morgan fingerprint density at radius 1 is 1.00 bits per heavy atom. The first kappa shape index (κ1) is 27.3. The number of hydrogen-bond donors (Lipinski definition) is 2. The molecule has 0 saturated heterocycles. The second-order valence-electron chi connectivity index (χ2n) is 9.18. The lowest BCUT2D eigenvalue weighted by atomic mass is 10.1. The molecule has 5 rings (SSSR count). The van der Waals surface area contributed by atoms with E-state index in [-0.39, 0.29) is 22.9 Å². The molecule has 0 bridgehead atoms. The van der Waals surface area contributed by atoms with E-state index < -0.39 is 17.6 Å². The van der Waals surface area contributed by atoms with Crippen LogP contribution in [0.15, 0.2) is 79.6 Å². The predicted molar refractivity (Wildman–Crippen MR) is 148 cm³/mol. The van der Waals surface area contributed by atoms with Gasteiger partial charge in [0, 0.05) is 46.8 Å². The minimum Gasteiger partial charge on any atom is -0.495 e. The van der Waals surface area contributed by atoms with Crippen LogP contribution >= 0.6 is 0 Å². The van der Waals surface area contributed by atoms with Gasteiger partial charge in [-0.05, 0) is 61.9 Å². The molecule has 9 nitrogen and oxygen atoms in total. The van der Waals surface area contributed by atoms with Crippen LogP contribution in [0.5, 0.6) is 5.75 Å². The van der Waals surface area contributed by atoms with Gasteiger partial charge in [-0.15, -0.1) is 0 Å². The second kappa shape index (κ2) is 11.1. The Morgan fingerprint density at radius 2 is 1.83 bits per heavy atom. The van der Waals surface area contributed by atoms with Crippen molar-refractivity contribution < 1.29 is 22.7 Å². The fraction of sp³-hybridized carbons (Fsp3) is 0.138. The number of alkyl halides is 3. The Morgan fingerprint density at radius 3 is 2.56 bits per heavy atom. The molecular formula is C29H24F3N7O2. The van der Waals surface area contributed by atoms with Crippen LogP contribution in [0.1, 0.15) is 27.2 Å². The number of pyridine rings is 1. The van der Waals surface area contributed by atoms with Gasteiger partial charge in [0.15, 0.2) is 0 Å². The zero-order valence-electron chi connectivity index (χ0n) is 22.2. The number of hydrogen-bond acceptors (Lipinski definition) is 7. The highest BCUT2D eigenvalue weighted by Crippen LogP contribution is 2.33. The number of carbonyl (C=O) groups excluding carboxylic acids is 1. The van der Waals surface area contributed by atoms with Crippen LogP contribution in [0.25, 0.3) is 16.9 Å². The third-order valence-electron chi connectivity index (χ3n) is 6.16. The minimum atomic E-state index is -4.61. The molecule has 0 unspecified atom stereocenters. The number of nitrogens with zero attached hydrogens (tertiary/aromatic N) is 5. The lowest BCUT2D eigenvalue weighted by Crippen LogP contribution is -2.14. The topological polar surface area (TPSA) is 107 Å². The first-order valence-corrected chi connectivity index (χ1v) is 12.3. The number of imidazole rings is 1. The van der Waals surface area contributed by atoms with Gasteiger partial charge in [-0.2, -0.15) is 13.2 Å². The zero-order chi connectivity index (χ0) is 29.1. The summed E-state index contributed by atoms with van der Waals surface area (Å²) < 4.78 is 47.6. The largest absolute Gasteiger partial charge is 0.495 e. The van der Waals surface area contributed by atoms with Crippen molar-refractivity contribution in [2.24, 2.45) is 0 Å². The molecule has 12 heteroatoms. The number of benzene rings is 2. The number of ether oxygens (including phenoxy) is 1. The van der Waals surface area contributed by atoms with Crippen LogP contribution < -0.4 is 15.4 Å². The molecule has 41 heavy (non-hydrogen) atoms. The average Bonchev–Trinajstić information content (AvgIpc) is 3.40. The van der Waals surface area contributed by atoms with Crippen LogP contribution in [-0.4, -0.2) is 37.5 Å². The van der Waals surface area contributed by atoms with Crippen molar-refractivity contribution >= 4 is 23.2 Å². The van der Waals surface area contributed by atoms with E-state index in [4.69, 9.17) is 4.74 Å². The standard InChI is InChI=1S/C29H24F3N7O2/c1-17-4-5-19(9-26(17)38-28-34-7-6-25(37-28)20-8-24(41-3)14-33-13-20)27(40)36-22-10-21(29(30,31)32)11-23(12-22)39-15-18(2)35-16-39/h4-16H,1-3H3,(H,36,40)(H,34,37,38). The van der Waals surface area contributed by atoms with Gasteiger partial charge >= 0.3 is 6.18 Å². The number of rotatable bonds is 7. The average molecular weight is 560 g/mol. The molecular weight excluding hydrogens is 535 g/mol. The lowest BCUT2D eigenvalue weighted by molar-refractivity contribution is -0.137. The number of halogens is 3. The summed E-state index contributed by atoms with van der Waals surface area (Å²) in [5, 5.41) is 5.71. The zero-order valence-corrected chi connectivity index (χ0v) is 22.2. The Balaban J connectivity index is 1.40. The first-order valence-electron chi connectivity index (χ1n) is 12.3. The number of methoxy groups -OCH3 is 1. The third kappa shape index (κ3) is 6.32. The van der Waals surface area contributed by atoms with Crippen LogP contribution in [0.3, 0.4) is 0 Å². The normalized spacial score (nSPS) is 11.3. The van der Waals surface area contributed by atoms with E-state index in [0.717, 1.165) is 23.3 Å². The van der Waals surface area contributed by atoms with Gasteiger partial charge in [-0.25, -0.2) is 15.0 Å². The molecule has 0 fully saturated rings. The number of nitrogens with one attached hydrogen (secondary N) is 2. The maximum Gasteiger partial charge on any atom is 0.416 e. The first-order chi connectivity index (χ1) is 19.6. The van der Waals surface area contributed by atoms with Crippen LogP contribution in [0.2, 0.25) is 0 Å². The van der Waals surface area contributed by atoms with Crippen LogP contribution in [0.4, 0.5) is 30.5 Å². The Kier molecular flexibility index (Phi) is 7.38. The fourth-order valence-electron chi connectivity index (χ4n) is 4.03. The quantitative estimate of drug-likeness (QED) is 0.239. The molecule has 0 saturated carbocycles. The molecule has 0 radical (unpaired) electrons. The predicted octanol–water partition coefficient (Wildman–Crippen LogP) is 6.36. The smallest absolute Gasteiger partial charge is 0.416 e. The van der Waals surface area contributed by atoms with E-state index in [1.54, 1.807) is 69.2 Å². The summed E-state index contributed by atoms with van der Waals surface area (Å²) >= 11 is 0. The van der Waals surface area contributed by atoms with Gasteiger partial charge in [0.2, 0.25) is 5.95 Å². The second-order valence-corrected chi connectivity index (χ2v) is 9.18. The monoisotopic (exact) mass is 559 g/mol. The van der Waals surface area contributed by atoms with Crippen molar-refractivity contribution in [3.8, 4) is 22.7 Å². The molecule has 2 N–H and O–H groups in total. The highest BCUT2D eigenvalue weighted by molar-refractivity contribution is 6.05. The van der Waals surface area contributed by atoms with Gasteiger partial charge in [-0.3, -0.25) is 9.78 Å².